The second-order valence-electron chi connectivity index (χ2n) is 6.17. The molecule has 0 bridgehead atoms. The molecule has 0 spiro atoms. The Morgan fingerprint density at radius 1 is 1.31 bits per heavy atom. The van der Waals surface area contributed by atoms with Crippen LogP contribution in [0.25, 0.3) is 11.3 Å². The van der Waals surface area contributed by atoms with Crippen molar-refractivity contribution in [1.82, 2.24) is 19.9 Å². The monoisotopic (exact) mass is 356 g/mol. The molecule has 8 heteroatoms. The van der Waals surface area contributed by atoms with Crippen molar-refractivity contribution in [3.63, 3.8) is 0 Å². The van der Waals surface area contributed by atoms with Crippen molar-refractivity contribution in [2.45, 2.75) is 18.8 Å². The molecule has 3 rings (SSSR count). The average Bonchev–Trinajstić information content (AvgIpc) is 2.68. The number of hydrogen-bond acceptors (Lipinski definition) is 6. The van der Waals surface area contributed by atoms with Crippen molar-refractivity contribution < 1.29 is 19.4 Å². The van der Waals surface area contributed by atoms with E-state index in [1.807, 2.05) is 0 Å². The Balaban J connectivity index is 1.91. The third-order valence-electron chi connectivity index (χ3n) is 4.41. The SMILES string of the molecule is COCC(=O)N1CCC[C@H](c2nccnc2-c2cncc(C(=O)O)c2)C1. The van der Waals surface area contributed by atoms with E-state index in [1.54, 1.807) is 29.6 Å². The van der Waals surface area contributed by atoms with Gasteiger partial charge in [0.1, 0.15) is 6.61 Å². The Morgan fingerprint density at radius 2 is 2.12 bits per heavy atom. The molecular weight excluding hydrogens is 336 g/mol. The number of nitrogens with zero attached hydrogens (tertiary/aromatic N) is 4. The molecule has 1 amide bonds. The molecule has 1 atom stereocenters. The fraction of sp³-hybridized carbons (Fsp3) is 0.389. The van der Waals surface area contributed by atoms with Gasteiger partial charge in [0.05, 0.1) is 17.0 Å². The number of likely N-dealkylation sites (tertiary alicyclic amines) is 1. The van der Waals surface area contributed by atoms with Crippen LogP contribution in [0.5, 0.6) is 0 Å². The van der Waals surface area contributed by atoms with Crippen molar-refractivity contribution >= 4 is 11.9 Å². The lowest BCUT2D eigenvalue weighted by molar-refractivity contribution is -0.136. The molecule has 0 unspecified atom stereocenters. The fourth-order valence-corrected chi connectivity index (χ4v) is 3.20. The molecule has 2 aromatic rings. The molecule has 3 heterocycles. The number of methoxy groups -OCH3 is 1. The Labute approximate surface area is 150 Å². The normalized spacial score (nSPS) is 17.1. The van der Waals surface area contributed by atoms with Crippen molar-refractivity contribution in [1.29, 1.82) is 0 Å². The maximum atomic E-state index is 12.1. The van der Waals surface area contributed by atoms with Crippen LogP contribution in [0.4, 0.5) is 0 Å². The summed E-state index contributed by atoms with van der Waals surface area (Å²) in [7, 11) is 1.50. The molecule has 1 aliphatic rings. The highest BCUT2D eigenvalue weighted by molar-refractivity contribution is 5.88. The predicted octanol–water partition coefficient (Wildman–Crippen LogP) is 1.59. The Morgan fingerprint density at radius 3 is 2.88 bits per heavy atom. The molecule has 1 N–H and O–H groups in total. The number of carbonyl (C=O) groups excluding carboxylic acids is 1. The summed E-state index contributed by atoms with van der Waals surface area (Å²) in [6.07, 6.45) is 7.81. The Kier molecular flexibility index (Phi) is 5.52. The maximum Gasteiger partial charge on any atom is 0.337 e. The predicted molar refractivity (Wildman–Crippen MR) is 92.7 cm³/mol. The summed E-state index contributed by atoms with van der Waals surface area (Å²) < 4.78 is 4.94. The number of rotatable bonds is 5. The lowest BCUT2D eigenvalue weighted by Crippen LogP contribution is -2.41. The van der Waals surface area contributed by atoms with E-state index < -0.39 is 5.97 Å². The van der Waals surface area contributed by atoms with Gasteiger partial charge in [-0.05, 0) is 18.9 Å². The van der Waals surface area contributed by atoms with Gasteiger partial charge in [-0.15, -0.1) is 0 Å². The van der Waals surface area contributed by atoms with Gasteiger partial charge in [-0.2, -0.15) is 0 Å². The van der Waals surface area contributed by atoms with Gasteiger partial charge in [0, 0.05) is 56.5 Å². The van der Waals surface area contributed by atoms with Crippen molar-refractivity contribution in [3.05, 3.63) is 42.1 Å². The molecule has 8 nitrogen and oxygen atoms in total. The molecular formula is C18H20N4O4. The van der Waals surface area contributed by atoms with Crippen LogP contribution in [0.1, 0.15) is 34.8 Å². The molecule has 2 aromatic heterocycles. The standard InChI is InChI=1S/C18H20N4O4/c1-26-11-15(23)22-6-2-3-12(10-22)16-17(21-5-4-20-16)13-7-14(18(24)25)9-19-8-13/h4-5,7-9,12H,2-3,6,10-11H2,1H3,(H,24,25)/t12-/m0/s1. The van der Waals surface area contributed by atoms with E-state index in [9.17, 15) is 14.7 Å². The Bertz CT molecular complexity index is 811. The number of piperidine rings is 1. The van der Waals surface area contributed by atoms with E-state index in [0.29, 0.717) is 24.3 Å². The molecule has 0 radical (unpaired) electrons. The highest BCUT2D eigenvalue weighted by Gasteiger charge is 2.28. The average molecular weight is 356 g/mol. The second-order valence-corrected chi connectivity index (χ2v) is 6.17. The molecule has 0 aromatic carbocycles. The molecule has 1 fully saturated rings. The van der Waals surface area contributed by atoms with E-state index in [1.165, 1.54) is 13.3 Å². The first kappa shape index (κ1) is 17.9. The molecule has 0 saturated carbocycles. The maximum absolute atomic E-state index is 12.1. The molecule has 26 heavy (non-hydrogen) atoms. The van der Waals surface area contributed by atoms with Crippen LogP contribution in [-0.4, -0.2) is 63.6 Å². The largest absolute Gasteiger partial charge is 0.478 e. The van der Waals surface area contributed by atoms with E-state index in [-0.39, 0.29) is 24.0 Å². The zero-order valence-electron chi connectivity index (χ0n) is 14.5. The number of pyridine rings is 1. The van der Waals surface area contributed by atoms with Crippen LogP contribution < -0.4 is 0 Å². The first-order valence-electron chi connectivity index (χ1n) is 8.36. The number of aromatic carboxylic acids is 1. The first-order valence-corrected chi connectivity index (χ1v) is 8.36. The van der Waals surface area contributed by atoms with Gasteiger partial charge in [-0.25, -0.2) is 4.79 Å². The minimum atomic E-state index is -1.04. The summed E-state index contributed by atoms with van der Waals surface area (Å²) in [6.45, 7) is 1.30. The summed E-state index contributed by atoms with van der Waals surface area (Å²) >= 11 is 0. The quantitative estimate of drug-likeness (QED) is 0.867. The molecule has 136 valence electrons. The topological polar surface area (TPSA) is 106 Å². The summed E-state index contributed by atoms with van der Waals surface area (Å²) in [5, 5.41) is 9.19. The lowest BCUT2D eigenvalue weighted by atomic mass is 9.91. The van der Waals surface area contributed by atoms with Gasteiger partial charge in [0.15, 0.2) is 0 Å². The number of carboxylic acid groups (broad SMARTS) is 1. The van der Waals surface area contributed by atoms with Crippen LogP contribution in [0, 0.1) is 0 Å². The fourth-order valence-electron chi connectivity index (χ4n) is 3.20. The van der Waals surface area contributed by atoms with Gasteiger partial charge >= 0.3 is 5.97 Å². The number of amides is 1. The van der Waals surface area contributed by atoms with E-state index in [4.69, 9.17) is 4.74 Å². The smallest absolute Gasteiger partial charge is 0.337 e. The van der Waals surface area contributed by atoms with Crippen molar-refractivity contribution in [2.24, 2.45) is 0 Å². The minimum Gasteiger partial charge on any atom is -0.478 e. The Hall–Kier alpha value is -2.87. The summed E-state index contributed by atoms with van der Waals surface area (Å²) in [5.74, 6) is -1.06. The van der Waals surface area contributed by atoms with Crippen LogP contribution >= 0.6 is 0 Å². The third-order valence-corrected chi connectivity index (χ3v) is 4.41. The number of aromatic nitrogens is 3. The lowest BCUT2D eigenvalue weighted by Gasteiger charge is -2.32. The molecule has 1 saturated heterocycles. The van der Waals surface area contributed by atoms with Gasteiger partial charge in [0.25, 0.3) is 0 Å². The van der Waals surface area contributed by atoms with E-state index in [2.05, 4.69) is 15.0 Å². The first-order chi connectivity index (χ1) is 12.6. The highest BCUT2D eigenvalue weighted by atomic mass is 16.5. The molecule has 1 aliphatic heterocycles. The third kappa shape index (κ3) is 3.85. The van der Waals surface area contributed by atoms with Crippen LogP contribution in [0.15, 0.2) is 30.9 Å². The van der Waals surface area contributed by atoms with E-state index >= 15 is 0 Å². The van der Waals surface area contributed by atoms with Crippen molar-refractivity contribution in [3.8, 4) is 11.3 Å². The van der Waals surface area contributed by atoms with Gasteiger partial charge < -0.3 is 14.7 Å². The van der Waals surface area contributed by atoms with Crippen LogP contribution in [0.2, 0.25) is 0 Å². The number of carboxylic acids is 1. The van der Waals surface area contributed by atoms with Crippen LogP contribution in [0.3, 0.4) is 0 Å². The van der Waals surface area contributed by atoms with Gasteiger partial charge in [-0.3, -0.25) is 19.7 Å². The second kappa shape index (κ2) is 8.01. The summed E-state index contributed by atoms with van der Waals surface area (Å²) in [4.78, 5) is 38.0. The summed E-state index contributed by atoms with van der Waals surface area (Å²) in [6, 6.07) is 1.54. The van der Waals surface area contributed by atoms with Crippen molar-refractivity contribution in [2.75, 3.05) is 26.8 Å². The van der Waals surface area contributed by atoms with Gasteiger partial charge in [0.2, 0.25) is 5.91 Å². The zero-order chi connectivity index (χ0) is 18.5. The van der Waals surface area contributed by atoms with Crippen LogP contribution in [-0.2, 0) is 9.53 Å². The number of carbonyl (C=O) groups is 2. The zero-order valence-corrected chi connectivity index (χ0v) is 14.5. The molecule has 0 aliphatic carbocycles. The number of hydrogen-bond donors (Lipinski definition) is 1. The highest BCUT2D eigenvalue weighted by Crippen LogP contribution is 2.31. The van der Waals surface area contributed by atoms with E-state index in [0.717, 1.165) is 18.5 Å². The summed E-state index contributed by atoms with van der Waals surface area (Å²) in [5.41, 5.74) is 2.06. The number of ether oxygens (including phenoxy) is 1. The van der Waals surface area contributed by atoms with Gasteiger partial charge in [-0.1, -0.05) is 0 Å². The minimum absolute atomic E-state index is 0.0294.